The molecule has 1 aliphatic rings. The first kappa shape index (κ1) is 17.6. The van der Waals surface area contributed by atoms with E-state index in [-0.39, 0.29) is 18.1 Å². The van der Waals surface area contributed by atoms with Crippen molar-refractivity contribution in [1.82, 2.24) is 15.2 Å². The number of fused-ring (bicyclic) bond motifs is 1. The number of hydrogen-bond acceptors (Lipinski definition) is 4. The molecule has 6 heteroatoms. The Kier molecular flexibility index (Phi) is 5.50. The molecule has 2 aromatic rings. The number of carbonyl (C=O) groups excluding carboxylic acids is 1. The molecule has 0 radical (unpaired) electrons. The second-order valence-electron chi connectivity index (χ2n) is 6.84. The van der Waals surface area contributed by atoms with Crippen molar-refractivity contribution in [2.45, 2.75) is 19.9 Å². The number of hydrogen-bond donors (Lipinski definition) is 2. The van der Waals surface area contributed by atoms with Gasteiger partial charge in [-0.25, -0.2) is 0 Å². The van der Waals surface area contributed by atoms with Crippen LogP contribution in [0.3, 0.4) is 0 Å². The van der Waals surface area contributed by atoms with Crippen LogP contribution in [0.15, 0.2) is 29.1 Å². The summed E-state index contributed by atoms with van der Waals surface area (Å²) in [4.78, 5) is 29.1. The quantitative estimate of drug-likeness (QED) is 0.832. The van der Waals surface area contributed by atoms with E-state index in [9.17, 15) is 9.59 Å². The number of methoxy groups -OCH3 is 1. The Balaban J connectivity index is 1.61. The molecule has 1 amide bonds. The van der Waals surface area contributed by atoms with Gasteiger partial charge in [0, 0.05) is 37.8 Å². The van der Waals surface area contributed by atoms with Crippen molar-refractivity contribution in [3.8, 4) is 0 Å². The van der Waals surface area contributed by atoms with Crippen LogP contribution in [0.1, 0.15) is 17.5 Å². The van der Waals surface area contributed by atoms with E-state index < -0.39 is 0 Å². The minimum absolute atomic E-state index is 0.0186. The number of H-pyrrole nitrogens is 1. The number of carbonyl (C=O) groups is 1. The molecular formula is C19H25N3O3. The van der Waals surface area contributed by atoms with E-state index in [0.29, 0.717) is 19.0 Å². The Morgan fingerprint density at radius 2 is 2.24 bits per heavy atom. The molecule has 1 atom stereocenters. The lowest BCUT2D eigenvalue weighted by Crippen LogP contribution is -2.33. The summed E-state index contributed by atoms with van der Waals surface area (Å²) in [5.41, 5.74) is 2.79. The van der Waals surface area contributed by atoms with E-state index >= 15 is 0 Å². The molecular weight excluding hydrogens is 318 g/mol. The zero-order valence-electron chi connectivity index (χ0n) is 14.8. The molecule has 2 N–H and O–H groups in total. The van der Waals surface area contributed by atoms with E-state index in [0.717, 1.165) is 41.5 Å². The Bertz CT molecular complexity index is 815. The number of nitrogens with one attached hydrogen (secondary N) is 2. The third-order valence-electron chi connectivity index (χ3n) is 4.71. The normalized spacial score (nSPS) is 17.9. The number of aromatic nitrogens is 1. The van der Waals surface area contributed by atoms with Crippen molar-refractivity contribution in [2.75, 3.05) is 33.4 Å². The topological polar surface area (TPSA) is 74.4 Å². The van der Waals surface area contributed by atoms with Gasteiger partial charge in [0.05, 0.1) is 0 Å². The van der Waals surface area contributed by atoms with Crippen molar-refractivity contribution >= 4 is 16.8 Å². The second kappa shape index (κ2) is 7.80. The third-order valence-corrected chi connectivity index (χ3v) is 4.71. The van der Waals surface area contributed by atoms with E-state index in [4.69, 9.17) is 4.74 Å². The lowest BCUT2D eigenvalue weighted by atomic mass is 10.1. The molecule has 25 heavy (non-hydrogen) atoms. The molecule has 3 rings (SSSR count). The minimum atomic E-state index is -0.0813. The number of nitrogens with zero attached hydrogens (tertiary/aromatic N) is 1. The fraction of sp³-hybridized carbons (Fsp3) is 0.474. The number of aromatic amines is 1. The molecule has 0 bridgehead atoms. The van der Waals surface area contributed by atoms with Crippen molar-refractivity contribution in [3.63, 3.8) is 0 Å². The molecule has 1 aliphatic heterocycles. The minimum Gasteiger partial charge on any atom is -0.375 e. The molecule has 1 aromatic heterocycles. The van der Waals surface area contributed by atoms with Crippen molar-refractivity contribution < 1.29 is 9.53 Å². The van der Waals surface area contributed by atoms with Crippen molar-refractivity contribution in [2.24, 2.45) is 5.92 Å². The highest BCUT2D eigenvalue weighted by Gasteiger charge is 2.23. The van der Waals surface area contributed by atoms with Crippen LogP contribution < -0.4 is 10.9 Å². The lowest BCUT2D eigenvalue weighted by Gasteiger charge is -2.16. The first-order valence-corrected chi connectivity index (χ1v) is 8.65. The maximum absolute atomic E-state index is 12.3. The molecule has 6 nitrogen and oxygen atoms in total. The van der Waals surface area contributed by atoms with Crippen molar-refractivity contribution in [1.29, 1.82) is 0 Å². The average Bonchev–Trinajstić information content (AvgIpc) is 3.02. The van der Waals surface area contributed by atoms with E-state index in [1.807, 2.05) is 25.1 Å². The summed E-state index contributed by atoms with van der Waals surface area (Å²) in [5, 5.41) is 3.95. The number of ether oxygens (including phenoxy) is 1. The Morgan fingerprint density at radius 3 is 3.04 bits per heavy atom. The predicted molar refractivity (Wildman–Crippen MR) is 97.6 cm³/mol. The van der Waals surface area contributed by atoms with E-state index in [1.54, 1.807) is 0 Å². The first-order chi connectivity index (χ1) is 12.0. The van der Waals surface area contributed by atoms with Gasteiger partial charge in [0.1, 0.15) is 6.61 Å². The monoisotopic (exact) mass is 343 g/mol. The SMILES string of the molecule is COCC(=O)NC[C@H]1CCN(Cc2cc3ccc(C)cc3[nH]c2=O)C1. The number of aryl methyl sites for hydroxylation is 1. The van der Waals surface area contributed by atoms with Gasteiger partial charge in [-0.2, -0.15) is 0 Å². The van der Waals surface area contributed by atoms with Gasteiger partial charge in [-0.3, -0.25) is 14.5 Å². The third kappa shape index (κ3) is 4.46. The number of likely N-dealkylation sites (tertiary alicyclic amines) is 1. The highest BCUT2D eigenvalue weighted by Crippen LogP contribution is 2.19. The number of benzene rings is 1. The Morgan fingerprint density at radius 1 is 1.40 bits per heavy atom. The summed E-state index contributed by atoms with van der Waals surface area (Å²) >= 11 is 0. The van der Waals surface area contributed by atoms with Gasteiger partial charge in [-0.05, 0) is 48.9 Å². The molecule has 0 spiro atoms. The standard InChI is InChI=1S/C19H25N3O3/c1-13-3-4-15-8-16(19(24)21-17(15)7-13)11-22-6-5-14(10-22)9-20-18(23)12-25-2/h3-4,7-8,14H,5-6,9-12H2,1-2H3,(H,20,23)(H,21,24)/t14-/m1/s1. The van der Waals surface area contributed by atoms with Gasteiger partial charge in [0.2, 0.25) is 5.91 Å². The molecule has 0 aliphatic carbocycles. The summed E-state index contributed by atoms with van der Waals surface area (Å²) in [5.74, 6) is 0.338. The summed E-state index contributed by atoms with van der Waals surface area (Å²) in [6.45, 7) is 5.24. The summed E-state index contributed by atoms with van der Waals surface area (Å²) < 4.78 is 4.81. The fourth-order valence-electron chi connectivity index (χ4n) is 3.38. The average molecular weight is 343 g/mol. The van der Waals surface area contributed by atoms with Crippen LogP contribution in [0.25, 0.3) is 10.9 Å². The highest BCUT2D eigenvalue weighted by atomic mass is 16.5. The second-order valence-corrected chi connectivity index (χ2v) is 6.84. The summed E-state index contributed by atoms with van der Waals surface area (Å²) in [6.07, 6.45) is 1.03. The highest BCUT2D eigenvalue weighted by molar-refractivity contribution is 5.79. The molecule has 0 unspecified atom stereocenters. The van der Waals surface area contributed by atoms with Crippen LogP contribution in [-0.4, -0.2) is 49.1 Å². The molecule has 1 aromatic carbocycles. The van der Waals surface area contributed by atoms with Crippen LogP contribution in [0.5, 0.6) is 0 Å². The predicted octanol–water partition coefficient (Wildman–Crippen LogP) is 1.42. The fourth-order valence-corrected chi connectivity index (χ4v) is 3.38. The van der Waals surface area contributed by atoms with E-state index in [1.165, 1.54) is 7.11 Å². The van der Waals surface area contributed by atoms with Crippen molar-refractivity contribution in [3.05, 3.63) is 45.7 Å². The molecule has 1 saturated heterocycles. The van der Waals surface area contributed by atoms with Gasteiger partial charge in [-0.1, -0.05) is 12.1 Å². The Hall–Kier alpha value is -2.18. The number of rotatable bonds is 6. The van der Waals surface area contributed by atoms with Gasteiger partial charge in [0.25, 0.3) is 5.56 Å². The Labute approximate surface area is 147 Å². The van der Waals surface area contributed by atoms with Crippen LogP contribution in [0, 0.1) is 12.8 Å². The zero-order chi connectivity index (χ0) is 17.8. The van der Waals surface area contributed by atoms with Crippen LogP contribution >= 0.6 is 0 Å². The van der Waals surface area contributed by atoms with Gasteiger partial charge >= 0.3 is 0 Å². The molecule has 2 heterocycles. The lowest BCUT2D eigenvalue weighted by molar-refractivity contribution is -0.124. The molecule has 0 saturated carbocycles. The van der Waals surface area contributed by atoms with E-state index in [2.05, 4.69) is 21.3 Å². The number of amides is 1. The molecule has 134 valence electrons. The van der Waals surface area contributed by atoms with Gasteiger partial charge < -0.3 is 15.0 Å². The summed E-state index contributed by atoms with van der Waals surface area (Å²) in [6, 6.07) is 8.08. The zero-order valence-corrected chi connectivity index (χ0v) is 14.8. The van der Waals surface area contributed by atoms with Crippen LogP contribution in [0.4, 0.5) is 0 Å². The number of pyridine rings is 1. The largest absolute Gasteiger partial charge is 0.375 e. The summed E-state index contributed by atoms with van der Waals surface area (Å²) in [7, 11) is 1.51. The maximum Gasteiger partial charge on any atom is 0.252 e. The first-order valence-electron chi connectivity index (χ1n) is 8.65. The van der Waals surface area contributed by atoms with Crippen LogP contribution in [0.2, 0.25) is 0 Å². The molecule has 1 fully saturated rings. The van der Waals surface area contributed by atoms with Crippen LogP contribution in [-0.2, 0) is 16.1 Å². The maximum atomic E-state index is 12.3. The smallest absolute Gasteiger partial charge is 0.252 e. The van der Waals surface area contributed by atoms with Gasteiger partial charge in [-0.15, -0.1) is 0 Å². The van der Waals surface area contributed by atoms with Gasteiger partial charge in [0.15, 0.2) is 0 Å².